The molecule has 0 N–H and O–H groups in total. The fraction of sp³-hybridized carbons (Fsp3) is 0. The Balaban J connectivity index is 1.06. The fourth-order valence-electron chi connectivity index (χ4n) is 9.57. The van der Waals surface area contributed by atoms with Crippen LogP contribution in [0.3, 0.4) is 0 Å². The van der Waals surface area contributed by atoms with Gasteiger partial charge in [-0.15, -0.1) is 11.3 Å². The molecule has 0 bridgehead atoms. The molecular weight excluding hydrogens is 737 g/mol. The van der Waals surface area contributed by atoms with Gasteiger partial charge in [-0.2, -0.15) is 0 Å². The Kier molecular flexibility index (Phi) is 6.85. The van der Waals surface area contributed by atoms with Gasteiger partial charge in [0.2, 0.25) is 5.95 Å². The first-order valence-corrected chi connectivity index (χ1v) is 20.8. The van der Waals surface area contributed by atoms with Crippen molar-refractivity contribution in [1.29, 1.82) is 0 Å². The van der Waals surface area contributed by atoms with Crippen LogP contribution >= 0.6 is 11.3 Å². The molecule has 0 aliphatic heterocycles. The van der Waals surface area contributed by atoms with Crippen molar-refractivity contribution in [1.82, 2.24) is 19.1 Å². The molecule has 0 aliphatic carbocycles. The van der Waals surface area contributed by atoms with Crippen molar-refractivity contribution in [3.63, 3.8) is 0 Å². The van der Waals surface area contributed by atoms with Gasteiger partial charge in [0.15, 0.2) is 0 Å². The van der Waals surface area contributed by atoms with E-state index in [0.29, 0.717) is 5.95 Å². The normalized spacial score (nSPS) is 12.1. The quantitative estimate of drug-likeness (QED) is 0.179. The summed E-state index contributed by atoms with van der Waals surface area (Å²) < 4.78 is 7.20. The van der Waals surface area contributed by atoms with Crippen LogP contribution in [0.15, 0.2) is 194 Å². The van der Waals surface area contributed by atoms with Crippen molar-refractivity contribution in [3.05, 3.63) is 194 Å². The number of nitrogens with zero attached hydrogens (tertiary/aromatic N) is 4. The van der Waals surface area contributed by atoms with Crippen molar-refractivity contribution in [3.8, 4) is 34.0 Å². The number of rotatable bonds is 4. The zero-order chi connectivity index (χ0) is 38.6. The second-order valence-corrected chi connectivity index (χ2v) is 16.4. The molecule has 0 aliphatic rings. The zero-order valence-electron chi connectivity index (χ0n) is 31.7. The molecule has 0 radical (unpaired) electrons. The molecule has 0 atom stereocenters. The molecule has 5 heteroatoms. The summed E-state index contributed by atoms with van der Waals surface area (Å²) in [6.07, 6.45) is 0. The molecule has 9 aromatic carbocycles. The number of hydrogen-bond acceptors (Lipinski definition) is 3. The highest BCUT2D eigenvalue weighted by molar-refractivity contribution is 7.26. The number of para-hydroxylation sites is 4. The first-order valence-electron chi connectivity index (χ1n) is 20.0. The van der Waals surface area contributed by atoms with Gasteiger partial charge in [-0.1, -0.05) is 140 Å². The first-order chi connectivity index (χ1) is 29.3. The molecule has 0 spiro atoms. The SMILES string of the molecule is c1ccc(-n2c3ccccc3c3cc(-c4ccc5c(c4)c4ccccc4n5-c4nc(-c5cccc6c5sc5ccccc56)c5ccccc5n4)c4ccccc4c32)cc1. The van der Waals surface area contributed by atoms with E-state index in [-0.39, 0.29) is 0 Å². The average molecular weight is 769 g/mol. The molecule has 0 fully saturated rings. The van der Waals surface area contributed by atoms with Gasteiger partial charge in [-0.25, -0.2) is 9.97 Å². The lowest BCUT2D eigenvalue weighted by Crippen LogP contribution is -2.03. The van der Waals surface area contributed by atoms with E-state index in [0.717, 1.165) is 38.9 Å². The van der Waals surface area contributed by atoms with E-state index < -0.39 is 0 Å². The molecule has 0 saturated heterocycles. The Labute approximate surface area is 342 Å². The van der Waals surface area contributed by atoms with E-state index in [4.69, 9.17) is 9.97 Å². The van der Waals surface area contributed by atoms with E-state index in [1.54, 1.807) is 0 Å². The van der Waals surface area contributed by atoms with Crippen molar-refractivity contribution < 1.29 is 0 Å². The number of benzene rings is 9. The summed E-state index contributed by atoms with van der Waals surface area (Å²) in [6, 6.07) is 70.1. The molecule has 13 aromatic rings. The van der Waals surface area contributed by atoms with Gasteiger partial charge in [0.25, 0.3) is 0 Å². The largest absolute Gasteiger partial charge is 0.309 e. The Bertz CT molecular complexity index is 3850. The molecule has 13 rings (SSSR count). The smallest absolute Gasteiger partial charge is 0.235 e. The summed E-state index contributed by atoms with van der Waals surface area (Å²) >= 11 is 1.83. The molecule has 0 amide bonds. The van der Waals surface area contributed by atoms with Crippen molar-refractivity contribution in [2.45, 2.75) is 0 Å². The van der Waals surface area contributed by atoms with Crippen LogP contribution in [-0.2, 0) is 0 Å². The molecule has 4 heterocycles. The molecule has 0 saturated carbocycles. The molecule has 59 heavy (non-hydrogen) atoms. The van der Waals surface area contributed by atoms with E-state index in [1.807, 2.05) is 11.3 Å². The average Bonchev–Trinajstić information content (AvgIpc) is 3.96. The Morgan fingerprint density at radius 2 is 1.00 bits per heavy atom. The minimum Gasteiger partial charge on any atom is -0.309 e. The lowest BCUT2D eigenvalue weighted by molar-refractivity contribution is 1.01. The molecular formula is C54H32N4S. The summed E-state index contributed by atoms with van der Waals surface area (Å²) in [4.78, 5) is 10.8. The summed E-state index contributed by atoms with van der Waals surface area (Å²) in [5.41, 5.74) is 11.1. The van der Waals surface area contributed by atoms with Crippen LogP contribution < -0.4 is 0 Å². The summed E-state index contributed by atoms with van der Waals surface area (Å²) in [5, 5.41) is 10.8. The number of thiophene rings is 1. The van der Waals surface area contributed by atoms with Gasteiger partial charge in [0, 0.05) is 63.7 Å². The van der Waals surface area contributed by atoms with Gasteiger partial charge in [-0.3, -0.25) is 4.57 Å². The van der Waals surface area contributed by atoms with Gasteiger partial charge in [0.1, 0.15) is 0 Å². The van der Waals surface area contributed by atoms with Crippen LogP contribution in [0, 0.1) is 0 Å². The van der Waals surface area contributed by atoms with Crippen molar-refractivity contribution in [2.75, 3.05) is 0 Å². The Morgan fingerprint density at radius 3 is 1.83 bits per heavy atom. The molecule has 0 unspecified atom stereocenters. The highest BCUT2D eigenvalue weighted by Gasteiger charge is 2.22. The van der Waals surface area contributed by atoms with Crippen LogP contribution in [0.25, 0.3) is 119 Å². The minimum absolute atomic E-state index is 0.663. The monoisotopic (exact) mass is 768 g/mol. The Morgan fingerprint density at radius 1 is 0.373 bits per heavy atom. The van der Waals surface area contributed by atoms with Crippen molar-refractivity contribution >= 4 is 96.8 Å². The summed E-state index contributed by atoms with van der Waals surface area (Å²) in [5.74, 6) is 0.663. The second-order valence-electron chi connectivity index (χ2n) is 15.3. The highest BCUT2D eigenvalue weighted by atomic mass is 32.1. The number of hydrogen-bond donors (Lipinski definition) is 0. The topological polar surface area (TPSA) is 35.6 Å². The maximum absolute atomic E-state index is 5.50. The van der Waals surface area contributed by atoms with Crippen molar-refractivity contribution in [2.24, 2.45) is 0 Å². The summed E-state index contributed by atoms with van der Waals surface area (Å²) in [7, 11) is 0. The van der Waals surface area contributed by atoms with E-state index in [2.05, 4.69) is 203 Å². The number of aromatic nitrogens is 4. The molecule has 274 valence electrons. The third-order valence-electron chi connectivity index (χ3n) is 12.1. The van der Waals surface area contributed by atoms with Crippen LogP contribution in [0.1, 0.15) is 0 Å². The van der Waals surface area contributed by atoms with Gasteiger partial charge in [-0.05, 0) is 71.1 Å². The highest BCUT2D eigenvalue weighted by Crippen LogP contribution is 2.44. The van der Waals surface area contributed by atoms with E-state index in [9.17, 15) is 0 Å². The van der Waals surface area contributed by atoms with Crippen LogP contribution in [0.5, 0.6) is 0 Å². The predicted octanol–water partition coefficient (Wildman–Crippen LogP) is 14.7. The van der Waals surface area contributed by atoms with Crippen LogP contribution in [0.2, 0.25) is 0 Å². The molecule has 4 aromatic heterocycles. The van der Waals surface area contributed by atoms with E-state index in [1.165, 1.54) is 74.6 Å². The van der Waals surface area contributed by atoms with Crippen LogP contribution in [0.4, 0.5) is 0 Å². The second kappa shape index (κ2) is 12.4. The van der Waals surface area contributed by atoms with Gasteiger partial charge >= 0.3 is 0 Å². The maximum atomic E-state index is 5.50. The maximum Gasteiger partial charge on any atom is 0.235 e. The van der Waals surface area contributed by atoms with Gasteiger partial charge < -0.3 is 4.57 Å². The first kappa shape index (κ1) is 32.5. The standard InChI is InChI=1S/C54H32N4S/c1-2-15-34(16-3-1)57-47-26-11-8-19-37(47)45-32-43(35-17-4-5-21-39(35)52(45)57)33-29-30-49-44(31-33)36-18-7-12-27-48(36)58(49)54-55-46-25-10-6-22-41(46)51(56-54)42-24-14-23-40-38-20-9-13-28-50(38)59-53(40)42/h1-32H. The lowest BCUT2D eigenvalue weighted by Gasteiger charge is -2.14. The third kappa shape index (κ3) is 4.71. The fourth-order valence-corrected chi connectivity index (χ4v) is 10.8. The third-order valence-corrected chi connectivity index (χ3v) is 13.3. The lowest BCUT2D eigenvalue weighted by atomic mass is 9.94. The van der Waals surface area contributed by atoms with Crippen LogP contribution in [-0.4, -0.2) is 19.1 Å². The summed E-state index contributed by atoms with van der Waals surface area (Å²) in [6.45, 7) is 0. The predicted molar refractivity (Wildman–Crippen MR) is 249 cm³/mol. The zero-order valence-corrected chi connectivity index (χ0v) is 32.5. The molecule has 4 nitrogen and oxygen atoms in total. The minimum atomic E-state index is 0.663. The Hall–Kier alpha value is -7.60. The van der Waals surface area contributed by atoms with Gasteiger partial charge in [0.05, 0.1) is 33.3 Å². The van der Waals surface area contributed by atoms with E-state index >= 15 is 0 Å². The number of fused-ring (bicyclic) bond motifs is 12.